The molecule has 3 N–H and O–H groups in total. The summed E-state index contributed by atoms with van der Waals surface area (Å²) in [4.78, 5) is 51.7. The van der Waals surface area contributed by atoms with Crippen LogP contribution in [0.15, 0.2) is 35.7 Å². The van der Waals surface area contributed by atoms with Gasteiger partial charge in [0.2, 0.25) is 5.91 Å². The predicted molar refractivity (Wildman–Crippen MR) is 196 cm³/mol. The zero-order valence-corrected chi connectivity index (χ0v) is 31.9. The average Bonchev–Trinajstić information content (AvgIpc) is 3.53. The fraction of sp³-hybridized carbons (Fsp3) is 0.500. The van der Waals surface area contributed by atoms with Gasteiger partial charge in [0.1, 0.15) is 38.8 Å². The van der Waals surface area contributed by atoms with E-state index < -0.39 is 45.6 Å². The normalized spacial score (nSPS) is 22.2. The van der Waals surface area contributed by atoms with E-state index in [1.807, 2.05) is 17.5 Å². The van der Waals surface area contributed by atoms with Gasteiger partial charge in [-0.05, 0) is 43.7 Å². The monoisotopic (exact) mass is 761 g/mol. The molecule has 3 heterocycles. The first kappa shape index (κ1) is 38.2. The third-order valence-electron chi connectivity index (χ3n) is 8.98. The van der Waals surface area contributed by atoms with Crippen molar-refractivity contribution in [2.75, 3.05) is 41.4 Å². The van der Waals surface area contributed by atoms with E-state index in [1.54, 1.807) is 25.2 Å². The second-order valence-electron chi connectivity index (χ2n) is 13.2. The summed E-state index contributed by atoms with van der Waals surface area (Å²) < 4.78 is 39.8. The molecule has 5 rings (SSSR count). The van der Waals surface area contributed by atoms with Crippen molar-refractivity contribution in [1.82, 2.24) is 34.5 Å². The number of nitrogens with one attached hydrogen (secondary N) is 3. The zero-order chi connectivity index (χ0) is 37.1. The van der Waals surface area contributed by atoms with Crippen LogP contribution in [0.4, 0.5) is 4.79 Å². The van der Waals surface area contributed by atoms with Gasteiger partial charge < -0.3 is 25.0 Å². The van der Waals surface area contributed by atoms with Crippen molar-refractivity contribution in [2.45, 2.75) is 63.5 Å². The van der Waals surface area contributed by atoms with Gasteiger partial charge in [0.25, 0.3) is 5.91 Å². The molecule has 1 fully saturated rings. The number of fused-ring (bicyclic) bond motifs is 2. The molecule has 1 aliphatic heterocycles. The number of carbonyl (C=O) groups is 3. The minimum absolute atomic E-state index is 0.0113. The number of hydrogen-bond donors (Lipinski definition) is 3. The van der Waals surface area contributed by atoms with E-state index in [4.69, 9.17) is 31.0 Å². The topological polar surface area (TPSA) is 172 Å². The molecule has 0 radical (unpaired) electrons. The highest BCUT2D eigenvalue weighted by atomic mass is 35.5. The standard InChI is InChI=1S/C34H44ClN7O7S2/c1-20(2)25-19-50-31(37-25)24-17-27(22-12-13-26(48-6)28(35)29(22)36-24)49-16-14-23-30(43)39-34(32(44)40-51(46,47)41(3)4)18-21(34)11-9-7-8-10-15-42(5)33(45)38-23/h9,11-13,17,19-21,23H,7-8,10,14-16,18H2,1-6H3,(H,38,45)(H,39,43)(H,40,44)/b11-9-. The third-order valence-corrected chi connectivity index (χ3v) is 11.6. The molecule has 17 heteroatoms. The van der Waals surface area contributed by atoms with Gasteiger partial charge in [-0.2, -0.15) is 12.7 Å². The number of pyridine rings is 1. The summed E-state index contributed by atoms with van der Waals surface area (Å²) in [6.45, 7) is 4.56. The lowest BCUT2D eigenvalue weighted by atomic mass is 10.1. The number of benzene rings is 1. The van der Waals surface area contributed by atoms with Crippen molar-refractivity contribution >= 4 is 61.9 Å². The molecule has 276 valence electrons. The summed E-state index contributed by atoms with van der Waals surface area (Å²) in [5, 5.41) is 9.14. The van der Waals surface area contributed by atoms with Crippen molar-refractivity contribution in [1.29, 1.82) is 0 Å². The molecule has 2 aliphatic rings. The van der Waals surface area contributed by atoms with Gasteiger partial charge in [-0.3, -0.25) is 9.59 Å². The third kappa shape index (κ3) is 8.56. The Labute approximate surface area is 307 Å². The average molecular weight is 762 g/mol. The number of amides is 4. The Morgan fingerprint density at radius 1 is 1.22 bits per heavy atom. The molecule has 0 saturated heterocycles. The summed E-state index contributed by atoms with van der Waals surface area (Å²) in [5.41, 5.74) is 0.411. The molecule has 1 aliphatic carbocycles. The Bertz CT molecular complexity index is 1930. The quantitative estimate of drug-likeness (QED) is 0.252. The van der Waals surface area contributed by atoms with Crippen LogP contribution in [0.2, 0.25) is 5.02 Å². The van der Waals surface area contributed by atoms with Crippen LogP contribution in [0.5, 0.6) is 11.5 Å². The van der Waals surface area contributed by atoms with Crippen LogP contribution in [-0.2, 0) is 19.8 Å². The fourth-order valence-corrected chi connectivity index (χ4v) is 7.46. The van der Waals surface area contributed by atoms with E-state index in [2.05, 4.69) is 29.2 Å². The maximum Gasteiger partial charge on any atom is 0.317 e. The maximum atomic E-state index is 13.9. The molecule has 1 saturated carbocycles. The predicted octanol–water partition coefficient (Wildman–Crippen LogP) is 4.46. The van der Waals surface area contributed by atoms with Crippen LogP contribution >= 0.6 is 22.9 Å². The minimum atomic E-state index is -4.13. The molecule has 3 aromatic rings. The first-order valence-corrected chi connectivity index (χ1v) is 19.4. The lowest BCUT2D eigenvalue weighted by molar-refractivity contribution is -0.130. The molecular weight excluding hydrogens is 718 g/mol. The fourth-order valence-electron chi connectivity index (χ4n) is 5.64. The zero-order valence-electron chi connectivity index (χ0n) is 29.5. The van der Waals surface area contributed by atoms with Crippen molar-refractivity contribution in [3.8, 4) is 22.2 Å². The summed E-state index contributed by atoms with van der Waals surface area (Å²) in [6, 6.07) is 3.65. The van der Waals surface area contributed by atoms with Crippen molar-refractivity contribution in [3.63, 3.8) is 0 Å². The highest BCUT2D eigenvalue weighted by molar-refractivity contribution is 7.87. The molecule has 4 amide bonds. The summed E-state index contributed by atoms with van der Waals surface area (Å²) >= 11 is 8.16. The van der Waals surface area contributed by atoms with E-state index in [0.717, 1.165) is 22.8 Å². The molecule has 3 atom stereocenters. The smallest absolute Gasteiger partial charge is 0.317 e. The second kappa shape index (κ2) is 15.7. The number of urea groups is 1. The first-order valence-electron chi connectivity index (χ1n) is 16.7. The van der Waals surface area contributed by atoms with Gasteiger partial charge in [-0.15, -0.1) is 11.3 Å². The molecular formula is C34H44ClN7O7S2. The maximum absolute atomic E-state index is 13.9. The summed E-state index contributed by atoms with van der Waals surface area (Å²) in [5.74, 6) is -0.835. The largest absolute Gasteiger partial charge is 0.495 e. The van der Waals surface area contributed by atoms with Crippen molar-refractivity contribution in [2.24, 2.45) is 5.92 Å². The second-order valence-corrected chi connectivity index (χ2v) is 16.3. The number of methoxy groups -OCH3 is 1. The summed E-state index contributed by atoms with van der Waals surface area (Å²) in [7, 11) is 1.63. The molecule has 51 heavy (non-hydrogen) atoms. The van der Waals surface area contributed by atoms with Crippen LogP contribution in [0, 0.1) is 5.92 Å². The Morgan fingerprint density at radius 2 is 1.98 bits per heavy atom. The van der Waals surface area contributed by atoms with Crippen LogP contribution < -0.4 is 24.8 Å². The lowest BCUT2D eigenvalue weighted by Crippen LogP contribution is -2.58. The highest BCUT2D eigenvalue weighted by Gasteiger charge is 2.61. The number of carbonyl (C=O) groups excluding carboxylic acids is 3. The molecule has 3 unspecified atom stereocenters. The number of nitrogens with zero attached hydrogens (tertiary/aromatic N) is 4. The minimum Gasteiger partial charge on any atom is -0.495 e. The number of rotatable bonds is 10. The lowest BCUT2D eigenvalue weighted by Gasteiger charge is -2.26. The van der Waals surface area contributed by atoms with E-state index >= 15 is 0 Å². The van der Waals surface area contributed by atoms with Gasteiger partial charge in [-0.1, -0.05) is 37.6 Å². The van der Waals surface area contributed by atoms with Crippen molar-refractivity contribution in [3.05, 3.63) is 46.4 Å². The van der Waals surface area contributed by atoms with E-state index in [0.29, 0.717) is 51.1 Å². The molecule has 0 spiro atoms. The number of halogens is 1. The first-order chi connectivity index (χ1) is 24.2. The highest BCUT2D eigenvalue weighted by Crippen LogP contribution is 2.45. The van der Waals surface area contributed by atoms with Gasteiger partial charge >= 0.3 is 16.2 Å². The Morgan fingerprint density at radius 3 is 2.67 bits per heavy atom. The van der Waals surface area contributed by atoms with Crippen molar-refractivity contribution < 1.29 is 32.3 Å². The van der Waals surface area contributed by atoms with Gasteiger partial charge in [0, 0.05) is 56.9 Å². The number of thiazole rings is 1. The molecule has 14 nitrogen and oxygen atoms in total. The van der Waals surface area contributed by atoms with Crippen LogP contribution in [0.1, 0.15) is 57.6 Å². The Balaban J connectivity index is 1.43. The Kier molecular flexibility index (Phi) is 11.8. The number of ether oxygens (including phenoxy) is 2. The van der Waals surface area contributed by atoms with Gasteiger partial charge in [0.15, 0.2) is 0 Å². The van der Waals surface area contributed by atoms with E-state index in [1.165, 1.54) is 37.4 Å². The summed E-state index contributed by atoms with van der Waals surface area (Å²) in [6.07, 6.45) is 6.22. The van der Waals surface area contributed by atoms with Crippen LogP contribution in [-0.4, -0.2) is 98.4 Å². The number of aromatic nitrogens is 2. The Hall–Kier alpha value is -3.99. The molecule has 0 bridgehead atoms. The molecule has 1 aromatic carbocycles. The van der Waals surface area contributed by atoms with Crippen LogP contribution in [0.3, 0.4) is 0 Å². The van der Waals surface area contributed by atoms with E-state index in [-0.39, 0.29) is 25.4 Å². The number of hydrogen-bond acceptors (Lipinski definition) is 10. The number of allylic oxidation sites excluding steroid dienone is 1. The SMILES string of the molecule is COc1ccc2c(OCCC3NC(=O)N(C)CCCC/C=C\C4CC4(C(=O)NS(=O)(=O)N(C)C)NC3=O)cc(-c3nc(C(C)C)cs3)nc2c1Cl. The van der Waals surface area contributed by atoms with Gasteiger partial charge in [-0.25, -0.2) is 19.5 Å². The van der Waals surface area contributed by atoms with Crippen LogP contribution in [0.25, 0.3) is 21.6 Å². The van der Waals surface area contributed by atoms with Gasteiger partial charge in [0.05, 0.1) is 24.9 Å². The van der Waals surface area contributed by atoms with E-state index in [9.17, 15) is 22.8 Å². The molecule has 2 aromatic heterocycles.